The van der Waals surface area contributed by atoms with Gasteiger partial charge in [0.05, 0.1) is 0 Å². The quantitative estimate of drug-likeness (QED) is 0.843. The summed E-state index contributed by atoms with van der Waals surface area (Å²) in [6, 6.07) is 10.5. The van der Waals surface area contributed by atoms with Gasteiger partial charge in [-0.1, -0.05) is 48.0 Å². The number of benzene rings is 1. The smallest absolute Gasteiger partial charge is 0.164 e. The first kappa shape index (κ1) is 14.1. The van der Waals surface area contributed by atoms with Gasteiger partial charge in [0.1, 0.15) is 5.69 Å². The summed E-state index contributed by atoms with van der Waals surface area (Å²) in [5.41, 5.74) is 4.55. The van der Waals surface area contributed by atoms with Gasteiger partial charge in [-0.25, -0.2) is 0 Å². The highest BCUT2D eigenvalue weighted by Gasteiger charge is 2.17. The molecule has 0 N–H and O–H groups in total. The average Bonchev–Trinajstić information content (AvgIpc) is 2.98. The summed E-state index contributed by atoms with van der Waals surface area (Å²) in [7, 11) is 0. The Morgan fingerprint density at radius 2 is 2.05 bits per heavy atom. The van der Waals surface area contributed by atoms with E-state index in [4.69, 9.17) is 4.52 Å². The summed E-state index contributed by atoms with van der Waals surface area (Å²) >= 11 is 0. The van der Waals surface area contributed by atoms with Gasteiger partial charge in [-0.2, -0.15) is 0 Å². The molecular formula is C18H22N2O. The monoisotopic (exact) mass is 282 g/mol. The van der Waals surface area contributed by atoms with Crippen LogP contribution >= 0.6 is 0 Å². The van der Waals surface area contributed by atoms with Crippen LogP contribution in [0.15, 0.2) is 40.9 Å². The molecule has 1 aliphatic rings. The van der Waals surface area contributed by atoms with E-state index in [0.29, 0.717) is 0 Å². The minimum absolute atomic E-state index is 0.909. The summed E-state index contributed by atoms with van der Waals surface area (Å²) in [5.74, 6) is 0.909. The van der Waals surface area contributed by atoms with Crippen molar-refractivity contribution < 1.29 is 4.52 Å². The van der Waals surface area contributed by atoms with Crippen LogP contribution in [-0.2, 0) is 0 Å². The predicted octanol–water partition coefficient (Wildman–Crippen LogP) is 4.15. The van der Waals surface area contributed by atoms with Crippen molar-refractivity contribution in [2.75, 3.05) is 19.6 Å². The molecule has 0 aliphatic carbocycles. The second-order valence-electron chi connectivity index (χ2n) is 5.74. The van der Waals surface area contributed by atoms with Crippen molar-refractivity contribution in [3.8, 4) is 11.3 Å². The van der Waals surface area contributed by atoms with E-state index in [1.807, 2.05) is 0 Å². The lowest BCUT2D eigenvalue weighted by molar-refractivity contribution is 0.300. The van der Waals surface area contributed by atoms with Crippen LogP contribution in [0.2, 0.25) is 0 Å². The van der Waals surface area contributed by atoms with E-state index >= 15 is 0 Å². The zero-order valence-electron chi connectivity index (χ0n) is 12.8. The van der Waals surface area contributed by atoms with Gasteiger partial charge in [0.2, 0.25) is 0 Å². The predicted molar refractivity (Wildman–Crippen MR) is 86.0 cm³/mol. The molecule has 2 heterocycles. The molecule has 1 aromatic carbocycles. The van der Waals surface area contributed by atoms with Gasteiger partial charge in [-0.05, 0) is 26.3 Å². The lowest BCUT2D eigenvalue weighted by atomic mass is 10.1. The van der Waals surface area contributed by atoms with Crippen LogP contribution < -0.4 is 0 Å². The molecule has 1 aromatic heterocycles. The summed E-state index contributed by atoms with van der Waals surface area (Å²) in [6.07, 6.45) is 4.57. The van der Waals surface area contributed by atoms with Crippen LogP contribution in [0.25, 0.3) is 16.8 Å². The molecule has 0 amide bonds. The number of aryl methyl sites for hydroxylation is 1. The van der Waals surface area contributed by atoms with Crippen LogP contribution in [0.4, 0.5) is 0 Å². The maximum Gasteiger partial charge on any atom is 0.164 e. The maximum atomic E-state index is 5.57. The van der Waals surface area contributed by atoms with Gasteiger partial charge in [0.15, 0.2) is 5.76 Å². The molecule has 3 nitrogen and oxygen atoms in total. The van der Waals surface area contributed by atoms with Crippen molar-refractivity contribution in [2.45, 2.75) is 26.7 Å². The Balaban J connectivity index is 1.78. The Labute approximate surface area is 126 Å². The maximum absolute atomic E-state index is 5.57. The first-order valence-corrected chi connectivity index (χ1v) is 7.72. The molecular weight excluding hydrogens is 260 g/mol. The minimum atomic E-state index is 0.909. The highest BCUT2D eigenvalue weighted by Crippen LogP contribution is 2.26. The summed E-state index contributed by atoms with van der Waals surface area (Å²) in [5, 5.41) is 4.23. The fraction of sp³-hybridized carbons (Fsp3) is 0.389. The van der Waals surface area contributed by atoms with Gasteiger partial charge in [0, 0.05) is 30.3 Å². The Morgan fingerprint density at radius 3 is 2.81 bits per heavy atom. The molecule has 21 heavy (non-hydrogen) atoms. The Morgan fingerprint density at radius 1 is 1.24 bits per heavy atom. The van der Waals surface area contributed by atoms with E-state index in [0.717, 1.165) is 43.1 Å². The van der Waals surface area contributed by atoms with Crippen molar-refractivity contribution in [3.63, 3.8) is 0 Å². The fourth-order valence-electron chi connectivity index (χ4n) is 2.78. The first-order chi connectivity index (χ1) is 10.3. The number of rotatable bonds is 4. The van der Waals surface area contributed by atoms with Gasteiger partial charge in [-0.15, -0.1) is 0 Å². The van der Waals surface area contributed by atoms with Crippen molar-refractivity contribution in [3.05, 3.63) is 47.7 Å². The molecule has 0 saturated carbocycles. The third-order valence-corrected chi connectivity index (χ3v) is 3.94. The molecule has 0 unspecified atom stereocenters. The summed E-state index contributed by atoms with van der Waals surface area (Å²) in [6.45, 7) is 7.58. The van der Waals surface area contributed by atoms with E-state index in [9.17, 15) is 0 Å². The fourth-order valence-corrected chi connectivity index (χ4v) is 2.78. The van der Waals surface area contributed by atoms with E-state index in [-0.39, 0.29) is 0 Å². The van der Waals surface area contributed by atoms with Gasteiger partial charge in [-0.3, -0.25) is 4.90 Å². The van der Waals surface area contributed by atoms with Crippen LogP contribution in [0.5, 0.6) is 0 Å². The zero-order chi connectivity index (χ0) is 14.7. The second-order valence-corrected chi connectivity index (χ2v) is 5.74. The van der Waals surface area contributed by atoms with Crippen LogP contribution in [0.1, 0.15) is 31.1 Å². The lowest BCUT2D eigenvalue weighted by Gasteiger charge is -2.25. The van der Waals surface area contributed by atoms with Crippen molar-refractivity contribution in [1.82, 2.24) is 10.1 Å². The van der Waals surface area contributed by atoms with Gasteiger partial charge < -0.3 is 4.52 Å². The number of nitrogens with zero attached hydrogens (tertiary/aromatic N) is 2. The SMILES string of the molecule is CCCN1CCC=C(c2cc(-c3ccc(C)cc3)no2)C1. The second kappa shape index (κ2) is 6.27. The highest BCUT2D eigenvalue weighted by molar-refractivity contribution is 5.68. The molecule has 0 bridgehead atoms. The molecule has 110 valence electrons. The number of hydrogen-bond acceptors (Lipinski definition) is 3. The van der Waals surface area contributed by atoms with Crippen LogP contribution in [0.3, 0.4) is 0 Å². The first-order valence-electron chi connectivity index (χ1n) is 7.72. The van der Waals surface area contributed by atoms with E-state index in [1.165, 1.54) is 17.6 Å². The molecule has 0 spiro atoms. The van der Waals surface area contributed by atoms with Crippen molar-refractivity contribution in [1.29, 1.82) is 0 Å². The molecule has 3 heteroatoms. The Bertz CT molecular complexity index is 625. The van der Waals surface area contributed by atoms with E-state index in [2.05, 4.69) is 60.3 Å². The molecule has 0 atom stereocenters. The average molecular weight is 282 g/mol. The Kier molecular flexibility index (Phi) is 4.20. The normalized spacial score (nSPS) is 16.0. The Hall–Kier alpha value is -1.87. The summed E-state index contributed by atoms with van der Waals surface area (Å²) < 4.78 is 5.57. The largest absolute Gasteiger partial charge is 0.356 e. The zero-order valence-corrected chi connectivity index (χ0v) is 12.8. The minimum Gasteiger partial charge on any atom is -0.356 e. The van der Waals surface area contributed by atoms with Gasteiger partial charge in [0.25, 0.3) is 0 Å². The highest BCUT2D eigenvalue weighted by atomic mass is 16.5. The number of aromatic nitrogens is 1. The summed E-state index contributed by atoms with van der Waals surface area (Å²) in [4.78, 5) is 2.48. The van der Waals surface area contributed by atoms with Crippen molar-refractivity contribution >= 4 is 5.57 Å². The molecule has 1 aliphatic heterocycles. The lowest BCUT2D eigenvalue weighted by Crippen LogP contribution is -2.30. The van der Waals surface area contributed by atoms with Crippen molar-refractivity contribution in [2.24, 2.45) is 0 Å². The number of hydrogen-bond donors (Lipinski definition) is 0. The van der Waals surface area contributed by atoms with E-state index < -0.39 is 0 Å². The van der Waals surface area contributed by atoms with Gasteiger partial charge >= 0.3 is 0 Å². The van der Waals surface area contributed by atoms with Crippen LogP contribution in [-0.4, -0.2) is 29.7 Å². The van der Waals surface area contributed by atoms with E-state index in [1.54, 1.807) is 0 Å². The molecule has 2 aromatic rings. The topological polar surface area (TPSA) is 29.3 Å². The molecule has 3 rings (SSSR count). The molecule has 0 fully saturated rings. The third-order valence-electron chi connectivity index (χ3n) is 3.94. The third kappa shape index (κ3) is 3.24. The standard InChI is InChI=1S/C18H22N2O/c1-3-10-20-11-4-5-16(13-20)18-12-17(19-21-18)15-8-6-14(2)7-9-15/h5-9,12H,3-4,10-11,13H2,1-2H3. The molecule has 0 saturated heterocycles. The molecule has 0 radical (unpaired) electrons. The van der Waals surface area contributed by atoms with Crippen LogP contribution in [0, 0.1) is 6.92 Å².